The number of nitrogens with two attached hydrogens (primary N) is 2. The molecule has 0 heterocycles. The first-order chi connectivity index (χ1) is 5.20. The standard InChI is InChI=1S/C8H16N2O/c1-7(3-9)5-11-6-8(2)4-10/h5-6H,3-4,9-10H2,1-2H3/b7-5+,8-6+. The fourth-order valence-corrected chi connectivity index (χ4v) is 0.363. The SMILES string of the molecule is C/C(=C\O/C=C(\C)CN)CN. The molecule has 11 heavy (non-hydrogen) atoms. The van der Waals surface area contributed by atoms with Crippen molar-refractivity contribution in [1.82, 2.24) is 0 Å². The summed E-state index contributed by atoms with van der Waals surface area (Å²) in [5.74, 6) is 0. The Morgan fingerprint density at radius 1 is 1.09 bits per heavy atom. The molecule has 0 bridgehead atoms. The van der Waals surface area contributed by atoms with Crippen LogP contribution in [0.5, 0.6) is 0 Å². The van der Waals surface area contributed by atoms with Gasteiger partial charge in [0.05, 0.1) is 12.5 Å². The Balaban J connectivity index is 3.71. The molecule has 3 heteroatoms. The zero-order valence-corrected chi connectivity index (χ0v) is 7.13. The summed E-state index contributed by atoms with van der Waals surface area (Å²) in [5, 5.41) is 0. The van der Waals surface area contributed by atoms with Gasteiger partial charge < -0.3 is 16.2 Å². The molecule has 3 nitrogen and oxygen atoms in total. The third-order valence-electron chi connectivity index (χ3n) is 1.18. The van der Waals surface area contributed by atoms with Crippen molar-refractivity contribution in [3.63, 3.8) is 0 Å². The van der Waals surface area contributed by atoms with E-state index in [0.29, 0.717) is 13.1 Å². The van der Waals surface area contributed by atoms with Crippen LogP contribution in [0.25, 0.3) is 0 Å². The van der Waals surface area contributed by atoms with E-state index in [9.17, 15) is 0 Å². The highest BCUT2D eigenvalue weighted by Crippen LogP contribution is 1.93. The van der Waals surface area contributed by atoms with Gasteiger partial charge in [-0.2, -0.15) is 0 Å². The van der Waals surface area contributed by atoms with E-state index < -0.39 is 0 Å². The van der Waals surface area contributed by atoms with Crippen molar-refractivity contribution in [1.29, 1.82) is 0 Å². The van der Waals surface area contributed by atoms with Crippen LogP contribution >= 0.6 is 0 Å². The molecule has 0 amide bonds. The molecule has 0 fully saturated rings. The minimum atomic E-state index is 0.523. The fourth-order valence-electron chi connectivity index (χ4n) is 0.363. The molecule has 0 unspecified atom stereocenters. The van der Waals surface area contributed by atoms with E-state index in [1.165, 1.54) is 0 Å². The summed E-state index contributed by atoms with van der Waals surface area (Å²) in [7, 11) is 0. The average Bonchev–Trinajstić information content (AvgIpc) is 2.04. The van der Waals surface area contributed by atoms with E-state index in [4.69, 9.17) is 16.2 Å². The summed E-state index contributed by atoms with van der Waals surface area (Å²) in [6.45, 7) is 4.86. The van der Waals surface area contributed by atoms with E-state index in [1.807, 2.05) is 13.8 Å². The molecule has 0 saturated heterocycles. The van der Waals surface area contributed by atoms with Crippen LogP contribution in [0.3, 0.4) is 0 Å². The van der Waals surface area contributed by atoms with Gasteiger partial charge in [-0.1, -0.05) is 0 Å². The van der Waals surface area contributed by atoms with Crippen molar-refractivity contribution < 1.29 is 4.74 Å². The maximum absolute atomic E-state index is 5.33. The maximum Gasteiger partial charge on any atom is 0.0903 e. The van der Waals surface area contributed by atoms with Crippen LogP contribution in [0.15, 0.2) is 23.7 Å². The lowest BCUT2D eigenvalue weighted by atomic mass is 10.3. The Bertz CT molecular complexity index is 143. The van der Waals surface area contributed by atoms with E-state index in [0.717, 1.165) is 11.1 Å². The fraction of sp³-hybridized carbons (Fsp3) is 0.500. The second-order valence-electron chi connectivity index (χ2n) is 2.47. The van der Waals surface area contributed by atoms with Crippen LogP contribution in [-0.4, -0.2) is 13.1 Å². The lowest BCUT2D eigenvalue weighted by Crippen LogP contribution is -2.01. The Morgan fingerprint density at radius 3 is 1.73 bits per heavy atom. The third kappa shape index (κ3) is 5.63. The van der Waals surface area contributed by atoms with Crippen LogP contribution in [0.1, 0.15) is 13.8 Å². The van der Waals surface area contributed by atoms with Gasteiger partial charge in [-0.15, -0.1) is 0 Å². The van der Waals surface area contributed by atoms with E-state index >= 15 is 0 Å². The highest BCUT2D eigenvalue weighted by molar-refractivity contribution is 4.99. The average molecular weight is 156 g/mol. The first-order valence-electron chi connectivity index (χ1n) is 3.57. The molecule has 0 rings (SSSR count). The van der Waals surface area contributed by atoms with Crippen LogP contribution in [0.2, 0.25) is 0 Å². The van der Waals surface area contributed by atoms with E-state index in [1.54, 1.807) is 12.5 Å². The second kappa shape index (κ2) is 5.95. The minimum absolute atomic E-state index is 0.523. The van der Waals surface area contributed by atoms with Crippen molar-refractivity contribution in [2.24, 2.45) is 11.5 Å². The van der Waals surface area contributed by atoms with Crippen LogP contribution < -0.4 is 11.5 Å². The number of hydrogen-bond donors (Lipinski definition) is 2. The number of rotatable bonds is 4. The third-order valence-corrected chi connectivity index (χ3v) is 1.18. The Labute approximate surface area is 67.7 Å². The quantitative estimate of drug-likeness (QED) is 0.590. The van der Waals surface area contributed by atoms with Gasteiger partial charge in [-0.05, 0) is 25.0 Å². The lowest BCUT2D eigenvalue weighted by Gasteiger charge is -1.97. The molecule has 0 saturated carbocycles. The summed E-state index contributed by atoms with van der Waals surface area (Å²) in [5.41, 5.74) is 12.7. The van der Waals surface area contributed by atoms with Crippen LogP contribution in [0, 0.1) is 0 Å². The van der Waals surface area contributed by atoms with E-state index in [-0.39, 0.29) is 0 Å². The zero-order chi connectivity index (χ0) is 8.69. The van der Waals surface area contributed by atoms with Crippen LogP contribution in [-0.2, 0) is 4.74 Å². The normalized spacial score (nSPS) is 13.5. The molecule has 0 aromatic heterocycles. The number of hydrogen-bond acceptors (Lipinski definition) is 3. The summed E-state index contributed by atoms with van der Waals surface area (Å²) in [6, 6.07) is 0. The Morgan fingerprint density at radius 2 is 1.45 bits per heavy atom. The van der Waals surface area contributed by atoms with Gasteiger partial charge in [0.1, 0.15) is 0 Å². The smallest absolute Gasteiger partial charge is 0.0903 e. The monoisotopic (exact) mass is 156 g/mol. The first kappa shape index (κ1) is 10.2. The van der Waals surface area contributed by atoms with Gasteiger partial charge in [-0.3, -0.25) is 0 Å². The Kier molecular flexibility index (Phi) is 5.51. The Hall–Kier alpha value is -0.800. The molecule has 0 aliphatic carbocycles. The van der Waals surface area contributed by atoms with Crippen LogP contribution in [0.4, 0.5) is 0 Å². The largest absolute Gasteiger partial charge is 0.473 e. The predicted octanol–water partition coefficient (Wildman–Crippen LogP) is 0.728. The van der Waals surface area contributed by atoms with E-state index in [2.05, 4.69) is 0 Å². The van der Waals surface area contributed by atoms with Crippen molar-refractivity contribution in [3.8, 4) is 0 Å². The maximum atomic E-state index is 5.33. The highest BCUT2D eigenvalue weighted by Gasteiger charge is 1.84. The van der Waals surface area contributed by atoms with Crippen molar-refractivity contribution in [2.45, 2.75) is 13.8 Å². The summed E-state index contributed by atoms with van der Waals surface area (Å²) in [4.78, 5) is 0. The van der Waals surface area contributed by atoms with Gasteiger partial charge in [0, 0.05) is 13.1 Å². The molecule has 4 N–H and O–H groups in total. The molecule has 0 aliphatic heterocycles. The molecular weight excluding hydrogens is 140 g/mol. The molecule has 64 valence electrons. The molecule has 0 aromatic rings. The lowest BCUT2D eigenvalue weighted by molar-refractivity contribution is 0.392. The zero-order valence-electron chi connectivity index (χ0n) is 7.13. The van der Waals surface area contributed by atoms with Gasteiger partial charge in [-0.25, -0.2) is 0 Å². The molecular formula is C8H16N2O. The first-order valence-corrected chi connectivity index (χ1v) is 3.57. The summed E-state index contributed by atoms with van der Waals surface area (Å²) in [6.07, 6.45) is 3.25. The minimum Gasteiger partial charge on any atom is -0.473 e. The number of ether oxygens (including phenoxy) is 1. The molecule has 0 spiro atoms. The van der Waals surface area contributed by atoms with Gasteiger partial charge in [0.15, 0.2) is 0 Å². The molecule has 0 atom stereocenters. The molecule has 0 aromatic carbocycles. The molecule has 0 radical (unpaired) electrons. The van der Waals surface area contributed by atoms with Crippen molar-refractivity contribution in [3.05, 3.63) is 23.7 Å². The van der Waals surface area contributed by atoms with Crippen molar-refractivity contribution >= 4 is 0 Å². The molecule has 0 aliphatic rings. The topological polar surface area (TPSA) is 61.3 Å². The van der Waals surface area contributed by atoms with Crippen molar-refractivity contribution in [2.75, 3.05) is 13.1 Å². The van der Waals surface area contributed by atoms with Gasteiger partial charge in [0.25, 0.3) is 0 Å². The second-order valence-corrected chi connectivity index (χ2v) is 2.47. The van der Waals surface area contributed by atoms with Gasteiger partial charge >= 0.3 is 0 Å². The summed E-state index contributed by atoms with van der Waals surface area (Å²) < 4.78 is 5.05. The van der Waals surface area contributed by atoms with Gasteiger partial charge in [0.2, 0.25) is 0 Å². The predicted molar refractivity (Wildman–Crippen MR) is 46.7 cm³/mol. The highest BCUT2D eigenvalue weighted by atomic mass is 16.5. The summed E-state index contributed by atoms with van der Waals surface area (Å²) >= 11 is 0.